The van der Waals surface area contributed by atoms with E-state index in [9.17, 15) is 43.2 Å². The molecule has 22 heteroatoms. The van der Waals surface area contributed by atoms with Gasteiger partial charge in [-0.3, -0.25) is 43.2 Å². The lowest BCUT2D eigenvalue weighted by Crippen LogP contribution is -2.40. The summed E-state index contributed by atoms with van der Waals surface area (Å²) in [5.41, 5.74) is 10.7. The van der Waals surface area contributed by atoms with Crippen LogP contribution in [0.15, 0.2) is 13.2 Å². The topological polar surface area (TPSA) is 360 Å². The summed E-state index contributed by atoms with van der Waals surface area (Å²) in [6.07, 6.45) is 24.3. The highest BCUT2D eigenvalue weighted by atomic mass is 16.5. The maximum atomic E-state index is 11.4. The Morgan fingerprint density at radius 3 is 0.845 bits per heavy atom. The summed E-state index contributed by atoms with van der Waals surface area (Å²) in [7, 11) is 10.4. The first-order valence-electron chi connectivity index (χ1n) is 30.5. The first-order chi connectivity index (χ1) is 39.4. The van der Waals surface area contributed by atoms with Gasteiger partial charge in [-0.15, -0.1) is 13.2 Å². The zero-order valence-corrected chi connectivity index (χ0v) is 56.2. The van der Waals surface area contributed by atoms with Crippen molar-refractivity contribution >= 4 is 52.5 Å². The molecule has 0 heterocycles. The number of aliphatic hydroxyl groups excluding tert-OH is 2. The SMILES string of the molecule is C1CC1.C1CC1.C1CC1.C1CC1.C=C.CC(=O)C(C)O.CC(=O)C(C)O.CNC(C)C(=O)NCCCCC(NC)C(C)=O.CNC(C)C(=O)O.CNC(C)C(=O)OC(C)C(C)=O.CNC(CCCCN)C(C)=O.CNC(CCCCN)C(C)=O. The number of likely N-dealkylation sites (N-methyl/N-ethyl adjacent to an activating group) is 6. The lowest BCUT2D eigenvalue weighted by Gasteiger charge is -2.13. The largest absolute Gasteiger partial charge is 0.480 e. The molecule has 4 aliphatic rings. The smallest absolute Gasteiger partial charge is 0.323 e. The van der Waals surface area contributed by atoms with E-state index in [1.807, 2.05) is 21.0 Å². The zero-order valence-electron chi connectivity index (χ0n) is 56.2. The van der Waals surface area contributed by atoms with E-state index in [1.165, 1.54) is 112 Å². The van der Waals surface area contributed by atoms with Crippen molar-refractivity contribution in [3.05, 3.63) is 13.2 Å². The van der Waals surface area contributed by atoms with Gasteiger partial charge in [0, 0.05) is 6.54 Å². The average Bonchev–Trinajstić information content (AvgIpc) is 4.25. The molecule has 22 nitrogen and oxygen atoms in total. The second-order valence-electron chi connectivity index (χ2n) is 20.6. The van der Waals surface area contributed by atoms with Crippen LogP contribution < -0.4 is 48.7 Å². The number of nitrogens with one attached hydrogen (secondary N) is 7. The van der Waals surface area contributed by atoms with E-state index >= 15 is 0 Å². The van der Waals surface area contributed by atoms with Gasteiger partial charge in [0.15, 0.2) is 23.5 Å². The van der Waals surface area contributed by atoms with Crippen LogP contribution in [0.25, 0.3) is 0 Å². The van der Waals surface area contributed by atoms with Crippen molar-refractivity contribution < 1.29 is 63.2 Å². The Bertz CT molecular complexity index is 1520. The molecule has 4 aliphatic carbocycles. The number of hydrogen-bond acceptors (Lipinski definition) is 20. The number of aliphatic hydroxyl groups is 2. The molecule has 0 aromatic rings. The van der Waals surface area contributed by atoms with E-state index < -0.39 is 36.3 Å². The van der Waals surface area contributed by atoms with Gasteiger partial charge in [0.1, 0.15) is 41.6 Å². The number of carboxylic acid groups (broad SMARTS) is 1. The van der Waals surface area contributed by atoms with Gasteiger partial charge < -0.3 is 68.7 Å². The lowest BCUT2D eigenvalue weighted by molar-refractivity contribution is -0.155. The normalized spacial score (nSPS) is 15.0. The molecule has 4 fully saturated rings. The Balaban J connectivity index is -0.000000131. The van der Waals surface area contributed by atoms with Crippen LogP contribution >= 0.6 is 0 Å². The molecule has 1 amide bonds. The molecule has 0 spiro atoms. The van der Waals surface area contributed by atoms with Crippen molar-refractivity contribution in [3.63, 3.8) is 0 Å². The standard InChI is InChI=1S/C12H25N3O2.2C8H18N2O.C8H15NO3.C4H9NO2.2C4H8O2.4C3H6.C2H4/c1-9(13-3)12(17)15-8-6-5-7-11(14-4)10(2)16;2*1-7(11)8(10-2)5-3-4-6-9;1-5(9-4)8(11)12-7(3)6(2)10;1-3(5-2)4(6)7;2*1-3(5)4(2)6;4*1-2-3-1;1-2/h9,11,13-14H,5-8H2,1-4H3,(H,15,17);2*8,10H,3-6,9H2,1-2H3;5,7,9H,1-4H3;3,5H,1-2H3,(H,6,7);2*3,5H,1-2H3;4*1-3H2;1-2H2. The Hall–Kier alpha value is -4.23. The van der Waals surface area contributed by atoms with Crippen LogP contribution in [0.5, 0.6) is 0 Å². The van der Waals surface area contributed by atoms with Crippen LogP contribution in [-0.4, -0.2) is 184 Å². The minimum absolute atomic E-state index is 0.0178. The summed E-state index contributed by atoms with van der Waals surface area (Å²) < 4.78 is 4.81. The fraction of sp³-hybridized carbons (Fsp3) is 0.823. The minimum atomic E-state index is -0.817. The van der Waals surface area contributed by atoms with Crippen molar-refractivity contribution in [2.75, 3.05) is 61.9 Å². The van der Waals surface area contributed by atoms with Crippen molar-refractivity contribution in [2.24, 2.45) is 11.5 Å². The van der Waals surface area contributed by atoms with Gasteiger partial charge in [0.2, 0.25) is 5.91 Å². The molecule has 0 saturated heterocycles. The summed E-state index contributed by atoms with van der Waals surface area (Å²) in [5.74, 6) is -1.13. The first-order valence-corrected chi connectivity index (χ1v) is 30.5. The number of rotatable bonds is 29. The fourth-order valence-electron chi connectivity index (χ4n) is 4.21. The van der Waals surface area contributed by atoms with Gasteiger partial charge in [-0.05, 0) is 183 Å². The van der Waals surface area contributed by atoms with Gasteiger partial charge in [0.05, 0.1) is 24.2 Å². The molecule has 0 aromatic heterocycles. The summed E-state index contributed by atoms with van der Waals surface area (Å²) in [5, 5.41) is 44.6. The number of unbranched alkanes of at least 4 members (excludes halogenated alkanes) is 3. The first kappa shape index (κ1) is 96.1. The van der Waals surface area contributed by atoms with Gasteiger partial charge in [-0.25, -0.2) is 0 Å². The summed E-state index contributed by atoms with van der Waals surface area (Å²) in [6.45, 7) is 26.6. The predicted octanol–water partition coefficient (Wildman–Crippen LogP) is 5.83. The Labute approximate surface area is 510 Å². The maximum absolute atomic E-state index is 11.4. The highest BCUT2D eigenvalue weighted by molar-refractivity contribution is 5.85. The van der Waals surface area contributed by atoms with Crippen LogP contribution in [0, 0.1) is 0 Å². The molecule has 14 N–H and O–H groups in total. The van der Waals surface area contributed by atoms with Crippen molar-refractivity contribution in [1.29, 1.82) is 0 Å². The quantitative estimate of drug-likeness (QED) is 0.0238. The number of nitrogens with two attached hydrogens (primary N) is 2. The van der Waals surface area contributed by atoms with Crippen LogP contribution in [-0.2, 0) is 47.9 Å². The van der Waals surface area contributed by atoms with Crippen LogP contribution in [0.4, 0.5) is 0 Å². The van der Waals surface area contributed by atoms with Crippen LogP contribution in [0.3, 0.4) is 0 Å². The van der Waals surface area contributed by atoms with E-state index in [2.05, 4.69) is 50.4 Å². The number of ether oxygens (including phenoxy) is 1. The van der Waals surface area contributed by atoms with Gasteiger partial charge >= 0.3 is 11.9 Å². The minimum Gasteiger partial charge on any atom is -0.480 e. The number of esters is 1. The number of carbonyl (C=O) groups excluding carboxylic acids is 8. The summed E-state index contributed by atoms with van der Waals surface area (Å²) >= 11 is 0. The summed E-state index contributed by atoms with van der Waals surface area (Å²) in [6, 6.07) is -0.950. The second-order valence-corrected chi connectivity index (χ2v) is 20.6. The number of carboxylic acids is 1. The highest BCUT2D eigenvalue weighted by Gasteiger charge is 2.18. The van der Waals surface area contributed by atoms with E-state index in [0.717, 1.165) is 57.8 Å². The number of amides is 1. The lowest BCUT2D eigenvalue weighted by atomic mass is 10.1. The second kappa shape index (κ2) is 71.3. The van der Waals surface area contributed by atoms with Gasteiger partial charge in [-0.1, -0.05) is 89.9 Å². The molecule has 4 rings (SSSR count). The number of ketones is 6. The third-order valence-electron chi connectivity index (χ3n) is 11.5. The van der Waals surface area contributed by atoms with Crippen LogP contribution in [0.2, 0.25) is 0 Å². The summed E-state index contributed by atoms with van der Waals surface area (Å²) in [4.78, 5) is 95.7. The molecule has 500 valence electrons. The molecule has 0 bridgehead atoms. The number of carbonyl (C=O) groups is 9. The molecule has 4 saturated carbocycles. The van der Waals surface area contributed by atoms with E-state index in [1.54, 1.807) is 69.7 Å². The number of Topliss-reactive ketones (excluding diaryl/α,β-unsaturated/α-hetero) is 6. The maximum Gasteiger partial charge on any atom is 0.323 e. The fourth-order valence-corrected chi connectivity index (χ4v) is 4.21. The number of aliphatic carboxylic acids is 1. The molecular formula is C62H129N9O13. The molecule has 0 radical (unpaired) electrons. The van der Waals surface area contributed by atoms with Crippen molar-refractivity contribution in [3.8, 4) is 0 Å². The monoisotopic (exact) mass is 1210 g/mol. The molecule has 84 heavy (non-hydrogen) atoms. The van der Waals surface area contributed by atoms with Crippen LogP contribution in [0.1, 0.15) is 218 Å². The number of hydrogen-bond donors (Lipinski definition) is 12. The molecule has 9 unspecified atom stereocenters. The van der Waals surface area contributed by atoms with Crippen molar-refractivity contribution in [2.45, 2.75) is 272 Å². The van der Waals surface area contributed by atoms with Gasteiger partial charge in [0.25, 0.3) is 0 Å². The van der Waals surface area contributed by atoms with E-state index in [0.29, 0.717) is 19.6 Å². The zero-order chi connectivity index (χ0) is 67.0. The molecular weight excluding hydrogens is 1080 g/mol. The Morgan fingerprint density at radius 2 is 0.679 bits per heavy atom. The molecule has 0 aromatic carbocycles. The Morgan fingerprint density at radius 1 is 0.417 bits per heavy atom. The van der Waals surface area contributed by atoms with E-state index in [4.69, 9.17) is 31.5 Å². The highest BCUT2D eigenvalue weighted by Crippen LogP contribution is 2.16. The average molecular weight is 1210 g/mol. The third kappa shape index (κ3) is 94.2. The Kier molecular flexibility index (Phi) is 81.5. The third-order valence-corrected chi connectivity index (χ3v) is 11.5. The predicted molar refractivity (Wildman–Crippen MR) is 344 cm³/mol. The van der Waals surface area contributed by atoms with Crippen molar-refractivity contribution in [1.82, 2.24) is 37.2 Å². The molecule has 9 atom stereocenters. The van der Waals surface area contributed by atoms with E-state index in [-0.39, 0.29) is 70.8 Å². The molecule has 0 aliphatic heterocycles. The van der Waals surface area contributed by atoms with Gasteiger partial charge in [-0.2, -0.15) is 0 Å².